The van der Waals surface area contributed by atoms with Gasteiger partial charge in [-0.05, 0) is 11.6 Å². The molecule has 0 aromatic heterocycles. The fraction of sp³-hybridized carbons (Fsp3) is 0.500. The lowest BCUT2D eigenvalue weighted by atomic mass is 10.2. The number of aliphatic hydroxyl groups excluding tert-OH is 1. The first-order chi connectivity index (χ1) is 9.69. The van der Waals surface area contributed by atoms with Crippen LogP contribution in [0.1, 0.15) is 5.56 Å². The molecule has 1 atom stereocenters. The second-order valence-electron chi connectivity index (χ2n) is 4.78. The summed E-state index contributed by atoms with van der Waals surface area (Å²) in [6.45, 7) is 2.55. The smallest absolute Gasteiger partial charge is 0.234 e. The molecular formula is C14H19ClN2O3. The maximum atomic E-state index is 11.9. The molecule has 2 N–H and O–H groups in total. The van der Waals surface area contributed by atoms with Crippen molar-refractivity contribution in [3.63, 3.8) is 0 Å². The summed E-state index contributed by atoms with van der Waals surface area (Å²) < 4.78 is 5.34. The van der Waals surface area contributed by atoms with Crippen LogP contribution in [-0.2, 0) is 16.1 Å². The molecule has 0 spiro atoms. The van der Waals surface area contributed by atoms with Crippen LogP contribution >= 0.6 is 11.6 Å². The minimum absolute atomic E-state index is 0.0161. The number of hydrogen-bond acceptors (Lipinski definition) is 4. The van der Waals surface area contributed by atoms with Crippen molar-refractivity contribution in [1.82, 2.24) is 10.2 Å². The molecule has 6 heteroatoms. The van der Waals surface area contributed by atoms with E-state index in [-0.39, 0.29) is 18.6 Å². The van der Waals surface area contributed by atoms with Gasteiger partial charge in [-0.2, -0.15) is 0 Å². The van der Waals surface area contributed by atoms with Crippen LogP contribution in [0, 0.1) is 0 Å². The van der Waals surface area contributed by atoms with E-state index in [0.29, 0.717) is 37.8 Å². The van der Waals surface area contributed by atoms with Gasteiger partial charge in [0.15, 0.2) is 0 Å². The molecule has 0 radical (unpaired) electrons. The number of carbonyl (C=O) groups excluding carboxylic acids is 1. The van der Waals surface area contributed by atoms with Crippen molar-refractivity contribution in [3.05, 3.63) is 34.9 Å². The Morgan fingerprint density at radius 3 is 3.05 bits per heavy atom. The van der Waals surface area contributed by atoms with Gasteiger partial charge in [0.05, 0.1) is 25.9 Å². The molecule has 1 saturated heterocycles. The predicted octanol–water partition coefficient (Wildman–Crippen LogP) is 0.649. The summed E-state index contributed by atoms with van der Waals surface area (Å²) >= 11 is 6.03. The molecule has 5 nitrogen and oxygen atoms in total. The number of halogens is 1. The van der Waals surface area contributed by atoms with Gasteiger partial charge in [0.1, 0.15) is 0 Å². The second-order valence-corrected chi connectivity index (χ2v) is 5.19. The molecule has 1 unspecified atom stereocenters. The molecule has 0 bridgehead atoms. The largest absolute Gasteiger partial charge is 0.394 e. The van der Waals surface area contributed by atoms with E-state index in [1.54, 1.807) is 6.07 Å². The topological polar surface area (TPSA) is 61.8 Å². The Balaban J connectivity index is 1.77. The van der Waals surface area contributed by atoms with Crippen LogP contribution < -0.4 is 5.32 Å². The van der Waals surface area contributed by atoms with E-state index in [0.717, 1.165) is 5.56 Å². The van der Waals surface area contributed by atoms with Crippen LogP contribution in [0.15, 0.2) is 24.3 Å². The zero-order valence-corrected chi connectivity index (χ0v) is 12.0. The van der Waals surface area contributed by atoms with Crippen LogP contribution in [0.25, 0.3) is 0 Å². The highest BCUT2D eigenvalue weighted by Crippen LogP contribution is 2.14. The Hall–Kier alpha value is -1.14. The summed E-state index contributed by atoms with van der Waals surface area (Å²) in [5.74, 6) is -0.0523. The Morgan fingerprint density at radius 2 is 2.30 bits per heavy atom. The quantitative estimate of drug-likeness (QED) is 0.838. The summed E-state index contributed by atoms with van der Waals surface area (Å²) in [6.07, 6.45) is -0.194. The molecule has 1 fully saturated rings. The van der Waals surface area contributed by atoms with Crippen molar-refractivity contribution in [2.75, 3.05) is 32.8 Å². The summed E-state index contributed by atoms with van der Waals surface area (Å²) in [4.78, 5) is 13.9. The molecule has 1 amide bonds. The average molecular weight is 299 g/mol. The molecule has 1 aliphatic rings. The van der Waals surface area contributed by atoms with E-state index >= 15 is 0 Å². The van der Waals surface area contributed by atoms with Crippen molar-refractivity contribution >= 4 is 17.5 Å². The first-order valence-corrected chi connectivity index (χ1v) is 7.01. The number of amides is 1. The highest BCUT2D eigenvalue weighted by atomic mass is 35.5. The van der Waals surface area contributed by atoms with Gasteiger partial charge >= 0.3 is 0 Å². The first-order valence-electron chi connectivity index (χ1n) is 6.64. The number of benzene rings is 1. The number of nitrogens with zero attached hydrogens (tertiary/aromatic N) is 1. The zero-order chi connectivity index (χ0) is 14.4. The van der Waals surface area contributed by atoms with Crippen LogP contribution in [0.2, 0.25) is 5.02 Å². The van der Waals surface area contributed by atoms with E-state index in [4.69, 9.17) is 21.4 Å². The number of ether oxygens (including phenoxy) is 1. The third-order valence-corrected chi connectivity index (χ3v) is 3.60. The maximum Gasteiger partial charge on any atom is 0.234 e. The zero-order valence-electron chi connectivity index (χ0n) is 11.2. The number of nitrogens with one attached hydrogen (secondary N) is 1. The van der Waals surface area contributed by atoms with Crippen molar-refractivity contribution < 1.29 is 14.6 Å². The molecule has 0 aliphatic carbocycles. The minimum Gasteiger partial charge on any atom is -0.394 e. The van der Waals surface area contributed by atoms with E-state index < -0.39 is 0 Å². The lowest BCUT2D eigenvalue weighted by Gasteiger charge is -2.31. The Bertz CT molecular complexity index is 456. The molecule has 1 aromatic carbocycles. The van der Waals surface area contributed by atoms with Crippen molar-refractivity contribution in [2.45, 2.75) is 12.6 Å². The van der Waals surface area contributed by atoms with Gasteiger partial charge < -0.3 is 15.2 Å². The third-order valence-electron chi connectivity index (χ3n) is 3.23. The predicted molar refractivity (Wildman–Crippen MR) is 76.6 cm³/mol. The monoisotopic (exact) mass is 298 g/mol. The Labute approximate surface area is 123 Å². The molecule has 2 rings (SSSR count). The standard InChI is InChI=1S/C14H19ClN2O3/c15-13-4-2-1-3-11(13)7-16-14(19)9-17-5-6-20-12(8-17)10-18/h1-4,12,18H,5-10H2,(H,16,19). The highest BCUT2D eigenvalue weighted by Gasteiger charge is 2.21. The number of morpholine rings is 1. The van der Waals surface area contributed by atoms with Gasteiger partial charge in [0.25, 0.3) is 0 Å². The summed E-state index contributed by atoms with van der Waals surface area (Å²) in [5, 5.41) is 12.6. The van der Waals surface area contributed by atoms with E-state index in [1.807, 2.05) is 23.1 Å². The third kappa shape index (κ3) is 4.45. The Morgan fingerprint density at radius 1 is 1.50 bits per heavy atom. The molecule has 0 saturated carbocycles. The first kappa shape index (κ1) is 15.3. The molecule has 1 heterocycles. The normalized spacial score (nSPS) is 19.8. The molecule has 20 heavy (non-hydrogen) atoms. The highest BCUT2D eigenvalue weighted by molar-refractivity contribution is 6.31. The van der Waals surface area contributed by atoms with Crippen molar-refractivity contribution in [2.24, 2.45) is 0 Å². The van der Waals surface area contributed by atoms with Crippen molar-refractivity contribution in [1.29, 1.82) is 0 Å². The van der Waals surface area contributed by atoms with E-state index in [2.05, 4.69) is 5.32 Å². The SMILES string of the molecule is O=C(CN1CCOC(CO)C1)NCc1ccccc1Cl. The van der Waals surface area contributed by atoms with E-state index in [9.17, 15) is 4.79 Å². The van der Waals surface area contributed by atoms with Gasteiger partial charge in [-0.25, -0.2) is 0 Å². The van der Waals surface area contributed by atoms with Crippen LogP contribution in [-0.4, -0.2) is 54.9 Å². The lowest BCUT2D eigenvalue weighted by molar-refractivity contribution is -0.125. The Kier molecular flexibility index (Phi) is 5.79. The van der Waals surface area contributed by atoms with Crippen LogP contribution in [0.3, 0.4) is 0 Å². The van der Waals surface area contributed by atoms with Crippen molar-refractivity contribution in [3.8, 4) is 0 Å². The number of hydrogen-bond donors (Lipinski definition) is 2. The summed E-state index contributed by atoms with van der Waals surface area (Å²) in [6, 6.07) is 7.44. The molecule has 1 aromatic rings. The molecule has 110 valence electrons. The number of carbonyl (C=O) groups is 1. The van der Waals surface area contributed by atoms with Crippen LogP contribution in [0.4, 0.5) is 0 Å². The van der Waals surface area contributed by atoms with E-state index in [1.165, 1.54) is 0 Å². The van der Waals surface area contributed by atoms with Gasteiger partial charge in [0, 0.05) is 24.7 Å². The number of rotatable bonds is 5. The van der Waals surface area contributed by atoms with Gasteiger partial charge in [-0.15, -0.1) is 0 Å². The second kappa shape index (κ2) is 7.59. The molecular weight excluding hydrogens is 280 g/mol. The van der Waals surface area contributed by atoms with Gasteiger partial charge in [0.2, 0.25) is 5.91 Å². The lowest BCUT2D eigenvalue weighted by Crippen LogP contribution is -2.47. The summed E-state index contributed by atoms with van der Waals surface area (Å²) in [7, 11) is 0. The van der Waals surface area contributed by atoms with Gasteiger partial charge in [-0.1, -0.05) is 29.8 Å². The minimum atomic E-state index is -0.194. The number of aliphatic hydroxyl groups is 1. The molecule has 1 aliphatic heterocycles. The van der Waals surface area contributed by atoms with Gasteiger partial charge in [-0.3, -0.25) is 9.69 Å². The van der Waals surface area contributed by atoms with Crippen LogP contribution in [0.5, 0.6) is 0 Å². The average Bonchev–Trinajstić information content (AvgIpc) is 2.46. The fourth-order valence-corrected chi connectivity index (χ4v) is 2.33. The maximum absolute atomic E-state index is 11.9. The fourth-order valence-electron chi connectivity index (χ4n) is 2.13. The summed E-state index contributed by atoms with van der Waals surface area (Å²) in [5.41, 5.74) is 0.901.